The van der Waals surface area contributed by atoms with Gasteiger partial charge in [0, 0.05) is 11.1 Å². The fourth-order valence-corrected chi connectivity index (χ4v) is 3.58. The summed E-state index contributed by atoms with van der Waals surface area (Å²) in [4.78, 5) is 0.115. The number of benzene rings is 2. The third-order valence-electron chi connectivity index (χ3n) is 3.57. The number of nitrogens with zero attached hydrogens (tertiary/aromatic N) is 4. The van der Waals surface area contributed by atoms with E-state index in [0.29, 0.717) is 11.1 Å². The van der Waals surface area contributed by atoms with Crippen molar-refractivity contribution >= 4 is 22.1 Å². The fourth-order valence-electron chi connectivity index (χ4n) is 2.38. The molecule has 1 aliphatic rings. The Hall–Kier alpha value is -3.18. The standard InChI is InChI=1S/C17H14N4O3S/c18-10-5-11-21(19-12-13-6-1-3-8-15(13)22)17-14-7-2-4-9-16(14)25(23,24)20-17/h1-4,6-9,12,22H,5,11H2/b19-12-. The Kier molecular flexibility index (Phi) is 4.50. The van der Waals surface area contributed by atoms with Gasteiger partial charge >= 0.3 is 0 Å². The second-order valence-corrected chi connectivity index (χ2v) is 6.79. The molecule has 2 aromatic rings. The van der Waals surface area contributed by atoms with Gasteiger partial charge in [-0.1, -0.05) is 24.3 Å². The molecule has 2 aromatic carbocycles. The van der Waals surface area contributed by atoms with Crippen molar-refractivity contribution in [3.8, 4) is 11.8 Å². The van der Waals surface area contributed by atoms with Crippen LogP contribution in [-0.2, 0) is 10.0 Å². The van der Waals surface area contributed by atoms with E-state index in [1.165, 1.54) is 23.4 Å². The zero-order valence-corrected chi connectivity index (χ0v) is 13.9. The molecule has 0 saturated heterocycles. The van der Waals surface area contributed by atoms with Crippen LogP contribution in [0.5, 0.6) is 5.75 Å². The molecule has 0 bridgehead atoms. The molecule has 0 saturated carbocycles. The average molecular weight is 354 g/mol. The highest BCUT2D eigenvalue weighted by atomic mass is 32.2. The number of hydrogen-bond acceptors (Lipinski definition) is 6. The van der Waals surface area contributed by atoms with Crippen molar-refractivity contribution in [3.05, 3.63) is 59.7 Å². The first-order chi connectivity index (χ1) is 12.0. The van der Waals surface area contributed by atoms with Crippen LogP contribution in [-0.4, -0.2) is 37.1 Å². The lowest BCUT2D eigenvalue weighted by Gasteiger charge is -2.17. The number of fused-ring (bicyclic) bond motifs is 1. The number of phenols is 1. The summed E-state index contributed by atoms with van der Waals surface area (Å²) in [5.41, 5.74) is 0.911. The highest BCUT2D eigenvalue weighted by molar-refractivity contribution is 7.90. The summed E-state index contributed by atoms with van der Waals surface area (Å²) < 4.78 is 28.2. The van der Waals surface area contributed by atoms with E-state index in [9.17, 15) is 13.5 Å². The lowest BCUT2D eigenvalue weighted by atomic mass is 10.2. The van der Waals surface area contributed by atoms with Gasteiger partial charge in [-0.25, -0.2) is 5.01 Å². The van der Waals surface area contributed by atoms with Gasteiger partial charge in [0.15, 0.2) is 5.84 Å². The van der Waals surface area contributed by atoms with E-state index in [1.54, 1.807) is 36.4 Å². The number of rotatable bonds is 4. The Balaban J connectivity index is 2.00. The number of aromatic hydroxyl groups is 1. The maximum atomic E-state index is 12.2. The lowest BCUT2D eigenvalue weighted by Crippen LogP contribution is -2.27. The maximum absolute atomic E-state index is 12.2. The predicted molar refractivity (Wildman–Crippen MR) is 92.8 cm³/mol. The minimum atomic E-state index is -3.78. The Labute approximate surface area is 145 Å². The van der Waals surface area contributed by atoms with Crippen molar-refractivity contribution in [2.45, 2.75) is 11.3 Å². The third kappa shape index (κ3) is 3.36. The van der Waals surface area contributed by atoms with E-state index in [-0.39, 0.29) is 29.4 Å². The molecule has 1 aliphatic heterocycles. The number of phenolic OH excluding ortho intramolecular Hbond substituents is 1. The lowest BCUT2D eigenvalue weighted by molar-refractivity contribution is 0.456. The van der Waals surface area contributed by atoms with Crippen LogP contribution in [0.4, 0.5) is 0 Å². The summed E-state index contributed by atoms with van der Waals surface area (Å²) >= 11 is 0. The number of sulfonamides is 1. The smallest absolute Gasteiger partial charge is 0.285 e. The Bertz CT molecular complexity index is 1010. The van der Waals surface area contributed by atoms with Crippen LogP contribution in [0.3, 0.4) is 0 Å². The molecule has 126 valence electrons. The fraction of sp³-hybridized carbons (Fsp3) is 0.118. The summed E-state index contributed by atoms with van der Waals surface area (Å²) in [5, 5.41) is 24.3. The van der Waals surface area contributed by atoms with E-state index in [0.717, 1.165) is 0 Å². The number of amidine groups is 1. The molecule has 0 radical (unpaired) electrons. The van der Waals surface area contributed by atoms with Crippen molar-refractivity contribution in [2.24, 2.45) is 9.50 Å². The summed E-state index contributed by atoms with van der Waals surface area (Å²) in [5.74, 6) is 0.213. The van der Waals surface area contributed by atoms with Gasteiger partial charge in [-0.3, -0.25) is 0 Å². The molecule has 3 rings (SSSR count). The van der Waals surface area contributed by atoms with Crippen LogP contribution >= 0.6 is 0 Å². The topological polar surface area (TPSA) is 106 Å². The van der Waals surface area contributed by atoms with E-state index < -0.39 is 10.0 Å². The predicted octanol–water partition coefficient (Wildman–Crippen LogP) is 2.09. The first-order valence-electron chi connectivity index (χ1n) is 7.44. The minimum Gasteiger partial charge on any atom is -0.507 e. The zero-order chi connectivity index (χ0) is 17.9. The second-order valence-electron chi connectivity index (χ2n) is 5.22. The number of nitriles is 1. The highest BCUT2D eigenvalue weighted by Gasteiger charge is 2.31. The summed E-state index contributed by atoms with van der Waals surface area (Å²) in [7, 11) is -3.78. The van der Waals surface area contributed by atoms with Gasteiger partial charge in [0.25, 0.3) is 10.0 Å². The van der Waals surface area contributed by atoms with Gasteiger partial charge in [0.05, 0.1) is 25.2 Å². The van der Waals surface area contributed by atoms with Crippen molar-refractivity contribution < 1.29 is 13.5 Å². The molecule has 8 heteroatoms. The summed E-state index contributed by atoms with van der Waals surface area (Å²) in [6, 6.07) is 15.1. The quantitative estimate of drug-likeness (QED) is 0.668. The molecule has 0 fully saturated rings. The maximum Gasteiger partial charge on any atom is 0.285 e. The van der Waals surface area contributed by atoms with E-state index >= 15 is 0 Å². The van der Waals surface area contributed by atoms with Crippen LogP contribution in [0.1, 0.15) is 17.5 Å². The van der Waals surface area contributed by atoms with Gasteiger partial charge in [0.2, 0.25) is 0 Å². The number of hydrogen-bond donors (Lipinski definition) is 1. The molecule has 0 aliphatic carbocycles. The van der Waals surface area contributed by atoms with Gasteiger partial charge < -0.3 is 5.11 Å². The molecule has 0 atom stereocenters. The zero-order valence-electron chi connectivity index (χ0n) is 13.1. The first kappa shape index (κ1) is 16.7. The monoisotopic (exact) mass is 354 g/mol. The van der Waals surface area contributed by atoms with Gasteiger partial charge in [-0.05, 0) is 24.3 Å². The SMILES string of the molecule is N#CCCN(/N=C\c1ccccc1O)C1=NS(=O)(=O)c2ccccc21. The normalized spacial score (nSPS) is 14.8. The molecule has 1 N–H and O–H groups in total. The van der Waals surface area contributed by atoms with Crippen molar-refractivity contribution in [1.29, 1.82) is 5.26 Å². The van der Waals surface area contributed by atoms with Crippen LogP contribution in [0.2, 0.25) is 0 Å². The molecular formula is C17H14N4O3S. The molecule has 25 heavy (non-hydrogen) atoms. The Morgan fingerprint density at radius 3 is 2.68 bits per heavy atom. The highest BCUT2D eigenvalue weighted by Crippen LogP contribution is 2.27. The van der Waals surface area contributed by atoms with Gasteiger partial charge in [-0.2, -0.15) is 18.8 Å². The van der Waals surface area contributed by atoms with Crippen LogP contribution in [0.15, 0.2) is 62.9 Å². The van der Waals surface area contributed by atoms with Crippen molar-refractivity contribution in [3.63, 3.8) is 0 Å². The second kappa shape index (κ2) is 6.75. The molecule has 0 unspecified atom stereocenters. The van der Waals surface area contributed by atoms with Gasteiger partial charge in [-0.15, -0.1) is 4.40 Å². The summed E-state index contributed by atoms with van der Waals surface area (Å²) in [6.45, 7) is 0.170. The first-order valence-corrected chi connectivity index (χ1v) is 8.88. The van der Waals surface area contributed by atoms with Crippen molar-refractivity contribution in [1.82, 2.24) is 5.01 Å². The summed E-state index contributed by atoms with van der Waals surface area (Å²) in [6.07, 6.45) is 1.54. The van der Waals surface area contributed by atoms with Crippen LogP contribution in [0, 0.1) is 11.3 Å². The van der Waals surface area contributed by atoms with Gasteiger partial charge in [0.1, 0.15) is 10.6 Å². The minimum absolute atomic E-state index is 0.0489. The Morgan fingerprint density at radius 2 is 1.92 bits per heavy atom. The average Bonchev–Trinajstić information content (AvgIpc) is 2.88. The molecule has 0 aromatic heterocycles. The number of hydrazone groups is 1. The van der Waals surface area contributed by atoms with E-state index in [1.807, 2.05) is 6.07 Å². The molecule has 1 heterocycles. The van der Waals surface area contributed by atoms with E-state index in [2.05, 4.69) is 9.50 Å². The number of para-hydroxylation sites is 1. The molecule has 0 spiro atoms. The molecule has 0 amide bonds. The Morgan fingerprint density at radius 1 is 1.20 bits per heavy atom. The van der Waals surface area contributed by atoms with E-state index in [4.69, 9.17) is 5.26 Å². The third-order valence-corrected chi connectivity index (χ3v) is 4.89. The van der Waals surface area contributed by atoms with Crippen LogP contribution < -0.4 is 0 Å². The molecular weight excluding hydrogens is 340 g/mol. The largest absolute Gasteiger partial charge is 0.507 e. The molecule has 7 nitrogen and oxygen atoms in total. The van der Waals surface area contributed by atoms with Crippen molar-refractivity contribution in [2.75, 3.05) is 6.54 Å². The van der Waals surface area contributed by atoms with Crippen LogP contribution in [0.25, 0.3) is 0 Å².